The van der Waals surface area contributed by atoms with Crippen molar-refractivity contribution in [2.24, 2.45) is 34.5 Å². The molecule has 4 aliphatic carbocycles. The summed E-state index contributed by atoms with van der Waals surface area (Å²) in [7, 11) is 0. The van der Waals surface area contributed by atoms with Gasteiger partial charge in [-0.25, -0.2) is 0 Å². The van der Waals surface area contributed by atoms with E-state index in [1.807, 2.05) is 13.8 Å². The van der Waals surface area contributed by atoms with Crippen molar-refractivity contribution in [3.63, 3.8) is 0 Å². The quantitative estimate of drug-likeness (QED) is 0.264. The Morgan fingerprint density at radius 3 is 2.30 bits per heavy atom. The number of hydrogen-bond donors (Lipinski definition) is 7. The Morgan fingerprint density at radius 2 is 1.70 bits per heavy atom. The topological polar surface area (TPSA) is 159 Å². The lowest BCUT2D eigenvalue weighted by Gasteiger charge is -2.60. The number of ketones is 1. The number of carbonyl (C=O) groups is 1. The Morgan fingerprint density at radius 1 is 1.05 bits per heavy atom. The zero-order valence-corrected chi connectivity index (χ0v) is 23.0. The minimum atomic E-state index is -1.57. The molecule has 8 nitrogen and oxygen atoms in total. The molecule has 4 aliphatic rings. The van der Waals surface area contributed by atoms with E-state index in [9.17, 15) is 40.5 Å². The molecule has 0 bridgehead atoms. The van der Waals surface area contributed by atoms with Crippen LogP contribution in [0.2, 0.25) is 0 Å². The summed E-state index contributed by atoms with van der Waals surface area (Å²) in [6.45, 7) is 8.67. The summed E-state index contributed by atoms with van der Waals surface area (Å²) in [6.07, 6.45) is 1.53. The number of aliphatic hydroxyl groups excluding tert-OH is 4. The molecule has 8 heteroatoms. The van der Waals surface area contributed by atoms with E-state index in [0.29, 0.717) is 44.1 Å². The molecule has 7 N–H and O–H groups in total. The lowest BCUT2D eigenvalue weighted by Crippen LogP contribution is -2.63. The fourth-order valence-electron chi connectivity index (χ4n) is 8.96. The summed E-state index contributed by atoms with van der Waals surface area (Å²) in [5.41, 5.74) is -4.73. The molecular weight excluding hydrogens is 476 g/mol. The number of fused-ring (bicyclic) bond motifs is 5. The van der Waals surface area contributed by atoms with Crippen LogP contribution < -0.4 is 0 Å². The molecule has 0 spiro atoms. The Balaban J connectivity index is 1.65. The van der Waals surface area contributed by atoms with Crippen LogP contribution in [0.15, 0.2) is 11.6 Å². The second-order valence-electron chi connectivity index (χ2n) is 13.9. The Bertz CT molecular complexity index is 923. The van der Waals surface area contributed by atoms with Crippen molar-refractivity contribution >= 4 is 5.78 Å². The summed E-state index contributed by atoms with van der Waals surface area (Å²) in [5, 5.41) is 76.2. The first-order valence-electron chi connectivity index (χ1n) is 14.0. The molecule has 0 aromatic carbocycles. The van der Waals surface area contributed by atoms with Crippen molar-refractivity contribution in [1.29, 1.82) is 0 Å². The van der Waals surface area contributed by atoms with Crippen LogP contribution in [0.5, 0.6) is 0 Å². The van der Waals surface area contributed by atoms with Gasteiger partial charge in [-0.3, -0.25) is 4.79 Å². The standard InChI is InChI=1S/C29H48O8/c1-25(2,35)16(8-11-30)12-24(34)28(5,36)23-7-10-29(37)18-13-20(31)19-14-21(32)22(33)15-26(19,3)17(18)6-9-27(23,29)4/h13,16-17,19,21-24,30,32-37H,6-12,14-15H2,1-5H3/t16-,17+,19+,21-,22+,23-,24-,26-,27-,28-,29-/m1/s1. The first kappa shape index (κ1) is 29.1. The maximum Gasteiger partial charge on any atom is 0.159 e. The van der Waals surface area contributed by atoms with E-state index in [-0.39, 0.29) is 31.1 Å². The molecule has 0 aromatic heterocycles. The smallest absolute Gasteiger partial charge is 0.159 e. The molecule has 0 unspecified atom stereocenters. The number of hydrogen-bond acceptors (Lipinski definition) is 8. The second-order valence-corrected chi connectivity index (χ2v) is 13.9. The number of allylic oxidation sites excluding steroid dienone is 1. The number of carbonyl (C=O) groups excluding carboxylic acids is 1. The van der Waals surface area contributed by atoms with Gasteiger partial charge in [-0.15, -0.1) is 0 Å². The highest BCUT2D eigenvalue weighted by Crippen LogP contribution is 2.68. The van der Waals surface area contributed by atoms with Crippen LogP contribution in [-0.4, -0.2) is 83.3 Å². The van der Waals surface area contributed by atoms with E-state index in [2.05, 4.69) is 0 Å². The van der Waals surface area contributed by atoms with Crippen molar-refractivity contribution in [2.75, 3.05) is 6.61 Å². The predicted octanol–water partition coefficient (Wildman–Crippen LogP) is 1.46. The molecule has 0 amide bonds. The lowest BCUT2D eigenvalue weighted by molar-refractivity contribution is -0.180. The highest BCUT2D eigenvalue weighted by Gasteiger charge is 2.69. The third-order valence-electron chi connectivity index (χ3n) is 11.5. The highest BCUT2D eigenvalue weighted by molar-refractivity contribution is 5.95. The van der Waals surface area contributed by atoms with Gasteiger partial charge >= 0.3 is 0 Å². The Labute approximate surface area is 220 Å². The molecule has 0 radical (unpaired) electrons. The van der Waals surface area contributed by atoms with Crippen LogP contribution in [0.25, 0.3) is 0 Å². The maximum atomic E-state index is 13.3. The second kappa shape index (κ2) is 9.36. The highest BCUT2D eigenvalue weighted by atomic mass is 16.3. The first-order chi connectivity index (χ1) is 16.9. The monoisotopic (exact) mass is 524 g/mol. The summed E-state index contributed by atoms with van der Waals surface area (Å²) < 4.78 is 0. The Kier molecular flexibility index (Phi) is 7.36. The van der Waals surface area contributed by atoms with E-state index in [1.165, 1.54) is 0 Å². The molecule has 3 fully saturated rings. The molecule has 212 valence electrons. The maximum absolute atomic E-state index is 13.3. The van der Waals surface area contributed by atoms with Crippen molar-refractivity contribution in [3.05, 3.63) is 11.6 Å². The molecule has 4 rings (SSSR count). The van der Waals surface area contributed by atoms with Gasteiger partial charge < -0.3 is 35.7 Å². The van der Waals surface area contributed by atoms with Crippen LogP contribution in [0.4, 0.5) is 0 Å². The van der Waals surface area contributed by atoms with Crippen molar-refractivity contribution < 1.29 is 40.5 Å². The van der Waals surface area contributed by atoms with Gasteiger partial charge in [0.15, 0.2) is 5.78 Å². The summed E-state index contributed by atoms with van der Waals surface area (Å²) in [4.78, 5) is 13.3. The van der Waals surface area contributed by atoms with E-state index in [1.54, 1.807) is 26.8 Å². The van der Waals surface area contributed by atoms with Gasteiger partial charge in [0.1, 0.15) is 0 Å². The molecule has 0 aliphatic heterocycles. The molecular formula is C29H48O8. The zero-order valence-electron chi connectivity index (χ0n) is 23.0. The molecule has 11 atom stereocenters. The molecule has 0 saturated heterocycles. The van der Waals surface area contributed by atoms with E-state index in [0.717, 1.165) is 0 Å². The van der Waals surface area contributed by atoms with Gasteiger partial charge in [0.05, 0.1) is 35.1 Å². The van der Waals surface area contributed by atoms with Crippen LogP contribution in [-0.2, 0) is 4.79 Å². The van der Waals surface area contributed by atoms with Gasteiger partial charge in [0, 0.05) is 17.9 Å². The fourth-order valence-corrected chi connectivity index (χ4v) is 8.96. The Hall–Kier alpha value is -0.870. The average molecular weight is 525 g/mol. The van der Waals surface area contributed by atoms with Crippen LogP contribution in [0.3, 0.4) is 0 Å². The van der Waals surface area contributed by atoms with Crippen LogP contribution in [0.1, 0.15) is 86.0 Å². The van der Waals surface area contributed by atoms with Gasteiger partial charge in [-0.05, 0) is 107 Å². The van der Waals surface area contributed by atoms with Crippen molar-refractivity contribution in [3.8, 4) is 0 Å². The van der Waals surface area contributed by atoms with Crippen LogP contribution in [0, 0.1) is 34.5 Å². The number of rotatable bonds is 7. The predicted molar refractivity (Wildman–Crippen MR) is 137 cm³/mol. The summed E-state index contributed by atoms with van der Waals surface area (Å²) >= 11 is 0. The van der Waals surface area contributed by atoms with Gasteiger partial charge in [-0.2, -0.15) is 0 Å². The normalized spacial score (nSPS) is 45.2. The third kappa shape index (κ3) is 4.35. The van der Waals surface area contributed by atoms with Gasteiger partial charge in [-0.1, -0.05) is 13.8 Å². The van der Waals surface area contributed by atoms with Gasteiger partial charge in [0.25, 0.3) is 0 Å². The SMILES string of the molecule is CC(C)(O)[C@H](CCO)C[C@@H](O)[C@](C)(O)[C@@H]1CC[C@@]2(O)C3=CC(=O)[C@@H]4C[C@@H](O)[C@@H](O)C[C@]4(C)[C@H]3CC[C@]12C. The minimum absolute atomic E-state index is 0.103. The summed E-state index contributed by atoms with van der Waals surface area (Å²) in [5.74, 6) is -1.53. The molecule has 3 saturated carbocycles. The third-order valence-corrected chi connectivity index (χ3v) is 11.5. The van der Waals surface area contributed by atoms with Crippen LogP contribution >= 0.6 is 0 Å². The number of aliphatic hydroxyl groups is 7. The first-order valence-corrected chi connectivity index (χ1v) is 14.0. The molecule has 0 heterocycles. The van der Waals surface area contributed by atoms with Crippen molar-refractivity contribution in [1.82, 2.24) is 0 Å². The zero-order chi connectivity index (χ0) is 27.8. The van der Waals surface area contributed by atoms with E-state index >= 15 is 0 Å². The molecule has 37 heavy (non-hydrogen) atoms. The van der Waals surface area contributed by atoms with E-state index < -0.39 is 63.7 Å². The summed E-state index contributed by atoms with van der Waals surface area (Å²) in [6, 6.07) is 0. The largest absolute Gasteiger partial charge is 0.396 e. The minimum Gasteiger partial charge on any atom is -0.396 e. The average Bonchev–Trinajstić information content (AvgIpc) is 3.07. The lowest BCUT2D eigenvalue weighted by atomic mass is 9.45. The van der Waals surface area contributed by atoms with Gasteiger partial charge in [0.2, 0.25) is 0 Å². The van der Waals surface area contributed by atoms with Crippen molar-refractivity contribution in [2.45, 2.75) is 121 Å². The molecule has 0 aromatic rings. The van der Waals surface area contributed by atoms with E-state index in [4.69, 9.17) is 0 Å². The fraction of sp³-hybridized carbons (Fsp3) is 0.897.